The van der Waals surface area contributed by atoms with E-state index in [2.05, 4.69) is 125 Å². The van der Waals surface area contributed by atoms with Crippen LogP contribution in [-0.4, -0.2) is 40.6 Å². The number of carbonyl (C=O) groups excluding carboxylic acids is 1. The first-order valence-corrected chi connectivity index (χ1v) is 25.8. The van der Waals surface area contributed by atoms with Gasteiger partial charge in [-0.2, -0.15) is 0 Å². The molecule has 0 spiro atoms. The topological polar surface area (TPSA) is 129 Å². The van der Waals surface area contributed by atoms with Crippen LogP contribution in [0.1, 0.15) is 54.9 Å². The van der Waals surface area contributed by atoms with Crippen molar-refractivity contribution < 1.29 is 112 Å². The molecule has 404 valence electrons. The Morgan fingerprint density at radius 3 is 1.46 bits per heavy atom. The first-order valence-electron chi connectivity index (χ1n) is 25.4. The van der Waals surface area contributed by atoms with Crippen molar-refractivity contribution in [1.29, 1.82) is 0 Å². The summed E-state index contributed by atoms with van der Waals surface area (Å²) in [6.07, 6.45) is 26.2. The fourth-order valence-corrected chi connectivity index (χ4v) is 9.80. The number of carbonyl (C=O) groups is 1. The summed E-state index contributed by atoms with van der Waals surface area (Å²) in [5, 5.41) is 8.28. The zero-order valence-corrected chi connectivity index (χ0v) is 51.8. The minimum Gasteiger partial charge on any atom is -1.00 e. The average Bonchev–Trinajstić information content (AvgIpc) is 4.33. The predicted octanol–water partition coefficient (Wildman–Crippen LogP) is 1.82. The standard InChI is InChI=1S/C62H55ClN10O2.3HI.Ni/c1-71-33-24-42(25-34-71)60-51-17-15-49(67-51)59(41-9-12-46(13-10-41)75-39-7-4-8-58(74)66-31-6-5-30-64-48-23-32-65-57-40-45(63)11-14-47(48)57)50-16-18-52(68-50)61(43-26-35-72(2)36-27-43)54-20-22-56(70-54)62(55-21-19-53(60)69-55)44-28-37-73(3)38-29-44;;;;/h9-29,32-38,40H,4-8,30-31,39H2,1-3H3,(H-2,64,65,66,67,68,69,70,74);3*1H;/q;;;;+2/p-2. The Bertz CT molecular complexity index is 3790. The van der Waals surface area contributed by atoms with Crippen LogP contribution >= 0.6 is 11.6 Å². The molecule has 0 fully saturated rings. The van der Waals surface area contributed by atoms with Crippen molar-refractivity contribution in [1.82, 2.24) is 30.2 Å². The van der Waals surface area contributed by atoms with Crippen LogP contribution in [0.4, 0.5) is 5.69 Å². The van der Waals surface area contributed by atoms with Crippen molar-refractivity contribution in [2.24, 2.45) is 21.1 Å². The quantitative estimate of drug-likeness (QED) is 0.0650. The first-order chi connectivity index (χ1) is 36.7. The van der Waals surface area contributed by atoms with Gasteiger partial charge in [0.1, 0.15) is 26.9 Å². The molecule has 1 amide bonds. The molecule has 0 saturated heterocycles. The molecule has 0 aliphatic carbocycles. The Labute approximate surface area is 526 Å². The predicted molar refractivity (Wildman–Crippen MR) is 299 cm³/mol. The number of ether oxygens (including phenoxy) is 1. The van der Waals surface area contributed by atoms with Gasteiger partial charge in [-0.15, -0.1) is 22.1 Å². The van der Waals surface area contributed by atoms with Gasteiger partial charge in [-0.05, 0) is 131 Å². The van der Waals surface area contributed by atoms with Gasteiger partial charge in [0, 0.05) is 78.2 Å². The smallest absolute Gasteiger partial charge is 1.00 e. The maximum Gasteiger partial charge on any atom is 2.00 e. The Morgan fingerprint density at radius 2 is 0.987 bits per heavy atom. The summed E-state index contributed by atoms with van der Waals surface area (Å²) in [7, 11) is 6.05. The van der Waals surface area contributed by atoms with E-state index in [4.69, 9.17) is 36.3 Å². The second kappa shape index (κ2) is 27.9. The summed E-state index contributed by atoms with van der Waals surface area (Å²) < 4.78 is 12.3. The molecule has 79 heavy (non-hydrogen) atoms. The number of halogens is 4. The third-order valence-corrected chi connectivity index (χ3v) is 13.8. The number of unbranched alkanes of at least 4 members (excludes halogenated alkanes) is 2. The summed E-state index contributed by atoms with van der Waals surface area (Å²) in [6.45, 7) is 1.93. The van der Waals surface area contributed by atoms with Gasteiger partial charge in [-0.3, -0.25) is 9.78 Å². The number of amides is 1. The van der Waals surface area contributed by atoms with Gasteiger partial charge in [-0.25, -0.2) is 23.7 Å². The molecule has 0 unspecified atom stereocenters. The van der Waals surface area contributed by atoms with E-state index in [-0.39, 0.29) is 94.3 Å². The molecular weight excluding hydrogens is 1390 g/mol. The van der Waals surface area contributed by atoms with Crippen LogP contribution in [0.5, 0.6) is 5.75 Å². The van der Waals surface area contributed by atoms with E-state index in [1.807, 2.05) is 96.0 Å². The average molecular weight is 1450 g/mol. The van der Waals surface area contributed by atoms with Crippen molar-refractivity contribution in [3.8, 4) is 50.3 Å². The van der Waals surface area contributed by atoms with Gasteiger partial charge >= 0.3 is 16.5 Å². The summed E-state index contributed by atoms with van der Waals surface area (Å²) >= 11 is 6.15. The number of aryl methyl sites for hydroxylation is 3. The molecule has 12 nitrogen and oxygen atoms in total. The number of rotatable bonds is 16. The number of aromatic nitrogens is 8. The zero-order valence-electron chi connectivity index (χ0n) is 43.6. The van der Waals surface area contributed by atoms with Crippen molar-refractivity contribution in [2.45, 2.75) is 32.1 Å². The number of fused-ring (bicyclic) bond motifs is 9. The molecule has 9 heterocycles. The third kappa shape index (κ3) is 14.1. The molecule has 9 aromatic rings. The van der Waals surface area contributed by atoms with Crippen molar-refractivity contribution in [3.05, 3.63) is 180 Å². The number of hydrogen-bond donors (Lipinski definition) is 2. The van der Waals surface area contributed by atoms with Crippen molar-refractivity contribution in [2.75, 3.05) is 25.0 Å². The van der Waals surface area contributed by atoms with E-state index >= 15 is 0 Å². The van der Waals surface area contributed by atoms with E-state index in [0.29, 0.717) is 24.6 Å². The summed E-state index contributed by atoms with van der Waals surface area (Å²) in [6, 6.07) is 36.9. The Balaban J connectivity index is 0.00000226. The molecule has 8 bridgehead atoms. The first kappa shape index (κ1) is 60.6. The van der Waals surface area contributed by atoms with Gasteiger partial charge in [0.25, 0.3) is 0 Å². The van der Waals surface area contributed by atoms with Gasteiger partial charge in [0.15, 0.2) is 37.2 Å². The number of pyridine rings is 4. The van der Waals surface area contributed by atoms with E-state index in [9.17, 15) is 4.79 Å². The van der Waals surface area contributed by atoms with Crippen LogP contribution in [0.25, 0.3) is 102 Å². The number of nitrogens with zero attached hydrogens (tertiary/aromatic N) is 8. The second-order valence-corrected chi connectivity index (χ2v) is 19.4. The van der Waals surface area contributed by atoms with E-state index in [0.717, 1.165) is 144 Å². The van der Waals surface area contributed by atoms with Crippen LogP contribution < -0.4 is 111 Å². The zero-order chi connectivity index (χ0) is 51.3. The number of benzene rings is 2. The molecule has 7 aromatic heterocycles. The Morgan fingerprint density at radius 1 is 0.544 bits per heavy atom. The SMILES string of the molecule is C[n+]1ccc(-c2c3nc(c(-c4cc[n+](C)cc4)c4ccc([n-]4)c(-c4cc[n+](C)cc4)c4nc(c(-c5ccc(OCCCCC(=O)NCCCCNc6ccnc7cc(Cl)ccc67)cc5)c5ccc2[n-]5)C=C4)C=C3)cc1.[I-].[I-].[I-].[Ni+2]. The van der Waals surface area contributed by atoms with E-state index in [1.54, 1.807) is 6.20 Å². The Hall–Kier alpha value is -6.06. The summed E-state index contributed by atoms with van der Waals surface area (Å²) in [4.78, 5) is 38.7. The molecule has 17 heteroatoms. The van der Waals surface area contributed by atoms with Crippen LogP contribution in [0.15, 0.2) is 153 Å². The molecule has 0 atom stereocenters. The van der Waals surface area contributed by atoms with E-state index < -0.39 is 0 Å². The fourth-order valence-electron chi connectivity index (χ4n) is 9.63. The molecule has 2 aromatic carbocycles. The summed E-state index contributed by atoms with van der Waals surface area (Å²) in [5.41, 5.74) is 15.9. The largest absolute Gasteiger partial charge is 2.00 e. The van der Waals surface area contributed by atoms with Crippen LogP contribution in [0.3, 0.4) is 0 Å². The maximum absolute atomic E-state index is 12.7. The number of hydrogen-bond acceptors (Lipinski definition) is 6. The number of anilines is 1. The third-order valence-electron chi connectivity index (χ3n) is 13.6. The van der Waals surface area contributed by atoms with Crippen LogP contribution in [0, 0.1) is 0 Å². The second-order valence-electron chi connectivity index (χ2n) is 19.0. The van der Waals surface area contributed by atoms with Gasteiger partial charge in [0.2, 0.25) is 5.91 Å². The molecular formula is C62H56ClI3N10NiO2. The maximum atomic E-state index is 12.7. The van der Waals surface area contributed by atoms with Crippen molar-refractivity contribution >= 4 is 80.5 Å². The van der Waals surface area contributed by atoms with Gasteiger partial charge in [-0.1, -0.05) is 48.0 Å². The summed E-state index contributed by atoms with van der Waals surface area (Å²) in [5.74, 6) is 0.810. The van der Waals surface area contributed by atoms with Gasteiger partial charge in [0.05, 0.1) is 34.9 Å². The molecule has 2 N–H and O–H groups in total. The Kier molecular flexibility index (Phi) is 21.4. The molecule has 0 saturated carbocycles. The monoisotopic (exact) mass is 1450 g/mol. The normalized spacial score (nSPS) is 11.2. The minimum atomic E-state index is 0. The molecule has 2 aliphatic rings. The number of nitrogens with one attached hydrogen (secondary N) is 2. The van der Waals surface area contributed by atoms with Crippen molar-refractivity contribution in [3.63, 3.8) is 0 Å². The van der Waals surface area contributed by atoms with Gasteiger partial charge < -0.3 is 97.3 Å². The van der Waals surface area contributed by atoms with Crippen LogP contribution in [-0.2, 0) is 42.4 Å². The fraction of sp³-hybridized carbons (Fsp3) is 0.177. The van der Waals surface area contributed by atoms with Crippen LogP contribution in [0.2, 0.25) is 5.02 Å². The molecule has 2 aliphatic heterocycles. The molecule has 11 rings (SSSR count). The molecule has 0 radical (unpaired) electrons. The minimum absolute atomic E-state index is 0. The van der Waals surface area contributed by atoms with E-state index in [1.165, 1.54) is 0 Å².